The highest BCUT2D eigenvalue weighted by molar-refractivity contribution is 6.38. The number of benzene rings is 6. The smallest absolute Gasteiger partial charge is 0.282 e. The van der Waals surface area contributed by atoms with Gasteiger partial charge >= 0.3 is 0 Å². The van der Waals surface area contributed by atoms with E-state index >= 15 is 0 Å². The molecule has 0 N–H and O–H groups in total. The Morgan fingerprint density at radius 3 is 1.31 bits per heavy atom. The third kappa shape index (κ3) is 6.19. The van der Waals surface area contributed by atoms with Gasteiger partial charge in [0.1, 0.15) is 23.1 Å². The highest BCUT2D eigenvalue weighted by atomic mass is 16.2. The molecule has 248 valence electrons. The average molecular weight is 675 g/mol. The van der Waals surface area contributed by atoms with Crippen LogP contribution in [0.5, 0.6) is 0 Å². The van der Waals surface area contributed by atoms with Crippen molar-refractivity contribution >= 4 is 52.8 Å². The normalized spacial score (nSPS) is 15.7. The van der Waals surface area contributed by atoms with Gasteiger partial charge in [0, 0.05) is 22.3 Å². The van der Waals surface area contributed by atoms with Crippen LogP contribution in [-0.2, 0) is 9.59 Å². The predicted octanol–water partition coefficient (Wildman–Crippen LogP) is 8.59. The molecule has 2 aliphatic rings. The Kier molecular flexibility index (Phi) is 8.57. The van der Waals surface area contributed by atoms with Gasteiger partial charge in [-0.05, 0) is 41.5 Å². The molecular formula is C45H30N4O3. The minimum Gasteiger partial charge on any atom is -0.289 e. The van der Waals surface area contributed by atoms with Crippen molar-refractivity contribution in [2.75, 3.05) is 9.80 Å². The number of amidine groups is 2. The molecule has 0 spiro atoms. The van der Waals surface area contributed by atoms with Crippen LogP contribution in [0, 0.1) is 0 Å². The molecule has 2 heterocycles. The van der Waals surface area contributed by atoms with Crippen LogP contribution >= 0.6 is 0 Å². The van der Waals surface area contributed by atoms with Crippen LogP contribution in [0.4, 0.5) is 11.4 Å². The summed E-state index contributed by atoms with van der Waals surface area (Å²) in [6, 6.07) is 51.9. The first kappa shape index (κ1) is 32.0. The standard InChI is InChI=1S/C45H30N4O3/c50-41(33-20-10-3-11-21-33)36-26-27-39(48-42(34-22-12-4-13-23-34)46-37(44(48)51)28-31-16-6-1-7-17-31)40(30-36)49-43(35-24-14-5-15-25-35)47-38(45(49)52)29-32-18-8-2-9-19-32/h1-30H. The molecule has 2 aliphatic heterocycles. The number of amides is 2. The summed E-state index contributed by atoms with van der Waals surface area (Å²) in [6.45, 7) is 0. The summed E-state index contributed by atoms with van der Waals surface area (Å²) in [5.41, 5.74) is 4.97. The quantitative estimate of drug-likeness (QED) is 0.120. The molecular weight excluding hydrogens is 645 g/mol. The van der Waals surface area contributed by atoms with Crippen LogP contribution in [0.2, 0.25) is 0 Å². The number of aliphatic imine (C=N–C) groups is 2. The van der Waals surface area contributed by atoms with Crippen molar-refractivity contribution in [1.82, 2.24) is 0 Å². The minimum absolute atomic E-state index is 0.213. The molecule has 0 saturated carbocycles. The van der Waals surface area contributed by atoms with E-state index in [1.165, 1.54) is 9.80 Å². The second kappa shape index (κ2) is 13.9. The van der Waals surface area contributed by atoms with Gasteiger partial charge in [0.05, 0.1) is 11.4 Å². The number of anilines is 2. The monoisotopic (exact) mass is 674 g/mol. The lowest BCUT2D eigenvalue weighted by atomic mass is 10.0. The first-order valence-corrected chi connectivity index (χ1v) is 16.8. The Labute approximate surface area is 300 Å². The van der Waals surface area contributed by atoms with E-state index in [-0.39, 0.29) is 23.1 Å². The Balaban J connectivity index is 1.34. The second-order valence-corrected chi connectivity index (χ2v) is 12.2. The fraction of sp³-hybridized carbons (Fsp3) is 0. The van der Waals surface area contributed by atoms with Gasteiger partial charge in [-0.25, -0.2) is 9.98 Å². The molecule has 52 heavy (non-hydrogen) atoms. The second-order valence-electron chi connectivity index (χ2n) is 12.2. The van der Waals surface area contributed by atoms with Gasteiger partial charge in [0.25, 0.3) is 11.8 Å². The molecule has 0 bridgehead atoms. The van der Waals surface area contributed by atoms with E-state index in [9.17, 15) is 14.4 Å². The number of carbonyl (C=O) groups excluding carboxylic acids is 3. The molecule has 8 rings (SSSR count). The van der Waals surface area contributed by atoms with Crippen molar-refractivity contribution in [2.24, 2.45) is 9.98 Å². The van der Waals surface area contributed by atoms with Gasteiger partial charge in [0.15, 0.2) is 5.78 Å². The summed E-state index contributed by atoms with van der Waals surface area (Å²) in [4.78, 5) is 55.9. The van der Waals surface area contributed by atoms with Crippen LogP contribution in [0.15, 0.2) is 191 Å². The highest BCUT2D eigenvalue weighted by Gasteiger charge is 2.39. The lowest BCUT2D eigenvalue weighted by Crippen LogP contribution is -2.38. The molecule has 0 aliphatic carbocycles. The summed E-state index contributed by atoms with van der Waals surface area (Å²) in [6.07, 6.45) is 3.49. The van der Waals surface area contributed by atoms with Crippen molar-refractivity contribution < 1.29 is 14.4 Å². The summed E-state index contributed by atoms with van der Waals surface area (Å²) in [5.74, 6) is -0.258. The van der Waals surface area contributed by atoms with Gasteiger partial charge in [-0.2, -0.15) is 0 Å². The number of carbonyl (C=O) groups is 3. The molecule has 6 aromatic carbocycles. The fourth-order valence-electron chi connectivity index (χ4n) is 6.25. The molecule has 0 aromatic heterocycles. The molecule has 0 fully saturated rings. The van der Waals surface area contributed by atoms with Gasteiger partial charge in [0.2, 0.25) is 0 Å². The molecule has 0 saturated heterocycles. The number of rotatable bonds is 8. The SMILES string of the molecule is O=C(c1ccccc1)c1ccc(N2C(=O)C(=Cc3ccccc3)N=C2c2ccccc2)c(N2C(=O)C(=Cc3ccccc3)N=C2c2ccccc2)c1. The van der Waals surface area contributed by atoms with Crippen LogP contribution < -0.4 is 9.80 Å². The van der Waals surface area contributed by atoms with Crippen molar-refractivity contribution in [2.45, 2.75) is 0 Å². The predicted molar refractivity (Wildman–Crippen MR) is 206 cm³/mol. The number of hydrogen-bond acceptors (Lipinski definition) is 5. The van der Waals surface area contributed by atoms with Crippen LogP contribution in [0.25, 0.3) is 12.2 Å². The highest BCUT2D eigenvalue weighted by Crippen LogP contribution is 2.40. The first-order chi connectivity index (χ1) is 25.5. The Morgan fingerprint density at radius 1 is 0.442 bits per heavy atom. The largest absolute Gasteiger partial charge is 0.289 e. The van der Waals surface area contributed by atoms with Crippen molar-refractivity contribution in [3.05, 3.63) is 215 Å². The third-order valence-electron chi connectivity index (χ3n) is 8.75. The van der Waals surface area contributed by atoms with E-state index in [2.05, 4.69) is 0 Å². The van der Waals surface area contributed by atoms with Crippen LogP contribution in [-0.4, -0.2) is 29.3 Å². The van der Waals surface area contributed by atoms with E-state index in [1.807, 2.05) is 127 Å². The molecule has 0 unspecified atom stereocenters. The maximum absolute atomic E-state index is 14.7. The van der Waals surface area contributed by atoms with Gasteiger partial charge in [-0.1, -0.05) is 152 Å². The summed E-state index contributed by atoms with van der Waals surface area (Å²) in [5, 5.41) is 0. The number of nitrogens with zero attached hydrogens (tertiary/aromatic N) is 4. The Morgan fingerprint density at radius 2 is 0.846 bits per heavy atom. The summed E-state index contributed by atoms with van der Waals surface area (Å²) < 4.78 is 0. The van der Waals surface area contributed by atoms with Gasteiger partial charge in [-0.3, -0.25) is 24.2 Å². The molecule has 7 heteroatoms. The minimum atomic E-state index is -0.404. The Bertz CT molecular complexity index is 2440. The molecule has 6 aromatic rings. The number of hydrogen-bond donors (Lipinski definition) is 0. The summed E-state index contributed by atoms with van der Waals surface area (Å²) >= 11 is 0. The topological polar surface area (TPSA) is 82.4 Å². The zero-order valence-electron chi connectivity index (χ0n) is 27.8. The lowest BCUT2D eigenvalue weighted by Gasteiger charge is -2.27. The van der Waals surface area contributed by atoms with Crippen molar-refractivity contribution in [1.29, 1.82) is 0 Å². The van der Waals surface area contributed by atoms with Crippen molar-refractivity contribution in [3.63, 3.8) is 0 Å². The van der Waals surface area contributed by atoms with E-state index in [0.717, 1.165) is 11.1 Å². The van der Waals surface area contributed by atoms with Crippen molar-refractivity contribution in [3.8, 4) is 0 Å². The summed E-state index contributed by atoms with van der Waals surface area (Å²) in [7, 11) is 0. The maximum atomic E-state index is 14.7. The molecule has 7 nitrogen and oxygen atoms in total. The number of ketones is 1. The van der Waals surface area contributed by atoms with Crippen LogP contribution in [0.1, 0.15) is 38.2 Å². The van der Waals surface area contributed by atoms with Crippen LogP contribution in [0.3, 0.4) is 0 Å². The zero-order chi connectivity index (χ0) is 35.4. The molecule has 0 atom stereocenters. The van der Waals surface area contributed by atoms with E-state index in [1.54, 1.807) is 54.6 Å². The fourth-order valence-corrected chi connectivity index (χ4v) is 6.25. The maximum Gasteiger partial charge on any atom is 0.282 e. The van der Waals surface area contributed by atoms with Gasteiger partial charge < -0.3 is 0 Å². The first-order valence-electron chi connectivity index (χ1n) is 16.8. The molecule has 2 amide bonds. The Hall–Kier alpha value is -7.25. The van der Waals surface area contributed by atoms with Gasteiger partial charge in [-0.15, -0.1) is 0 Å². The van der Waals surface area contributed by atoms with E-state index in [4.69, 9.17) is 9.98 Å². The van der Waals surface area contributed by atoms with E-state index in [0.29, 0.717) is 45.3 Å². The van der Waals surface area contributed by atoms with E-state index < -0.39 is 5.91 Å². The molecule has 0 radical (unpaired) electrons. The lowest BCUT2D eigenvalue weighted by molar-refractivity contribution is -0.114. The third-order valence-corrected chi connectivity index (χ3v) is 8.75. The zero-order valence-corrected chi connectivity index (χ0v) is 27.8. The average Bonchev–Trinajstić information content (AvgIpc) is 3.70.